The van der Waals surface area contributed by atoms with Gasteiger partial charge in [0.15, 0.2) is 9.84 Å². The zero-order valence-electron chi connectivity index (χ0n) is 12.3. The minimum absolute atomic E-state index is 0.0324. The Balaban J connectivity index is 1.77. The number of aryl methyl sites for hydroxylation is 1. The summed E-state index contributed by atoms with van der Waals surface area (Å²) in [5, 5.41) is 2.49. The van der Waals surface area contributed by atoms with Crippen LogP contribution in [0.3, 0.4) is 0 Å². The Hall–Kier alpha value is -1.43. The minimum atomic E-state index is -3.12. The van der Waals surface area contributed by atoms with Crippen molar-refractivity contribution < 1.29 is 13.2 Å². The van der Waals surface area contributed by atoms with E-state index in [0.29, 0.717) is 6.54 Å². The fourth-order valence-corrected chi connectivity index (χ4v) is 4.48. The Morgan fingerprint density at radius 3 is 2.71 bits per heavy atom. The molecule has 1 N–H and O–H groups in total. The number of hydrogen-bond donors (Lipinski definition) is 1. The Morgan fingerprint density at radius 2 is 2.05 bits per heavy atom. The van der Waals surface area contributed by atoms with Gasteiger partial charge in [-0.05, 0) is 31.9 Å². The molecule has 1 amide bonds. The van der Waals surface area contributed by atoms with Crippen LogP contribution in [0.1, 0.15) is 43.5 Å². The van der Waals surface area contributed by atoms with Gasteiger partial charge in [-0.3, -0.25) is 9.78 Å². The second-order valence-corrected chi connectivity index (χ2v) is 7.97. The van der Waals surface area contributed by atoms with Gasteiger partial charge in [-0.15, -0.1) is 0 Å². The number of nitrogens with one attached hydrogen (secondary N) is 1. The van der Waals surface area contributed by atoms with E-state index in [-0.39, 0.29) is 23.3 Å². The number of carbonyl (C=O) groups excluding carboxylic acids is 1. The first-order chi connectivity index (χ1) is 9.97. The van der Waals surface area contributed by atoms with Gasteiger partial charge in [-0.2, -0.15) is 0 Å². The van der Waals surface area contributed by atoms with E-state index in [1.807, 2.05) is 25.1 Å². The van der Waals surface area contributed by atoms with Crippen molar-refractivity contribution in [3.63, 3.8) is 0 Å². The summed E-state index contributed by atoms with van der Waals surface area (Å²) in [7, 11) is -3.12. The highest BCUT2D eigenvalue weighted by atomic mass is 32.2. The second-order valence-electron chi connectivity index (χ2n) is 5.57. The van der Waals surface area contributed by atoms with E-state index in [4.69, 9.17) is 0 Å². The standard InChI is InChI=1S/C15H22N2O3S/c1-12-5-4-6-13(17-12)11-16-15(18)9-10-21(19,20)14-7-2-3-8-14/h4-6,14H,2-3,7-11H2,1H3,(H,16,18). The number of amides is 1. The first-order valence-corrected chi connectivity index (χ1v) is 9.10. The molecule has 1 aliphatic rings. The minimum Gasteiger partial charge on any atom is -0.350 e. The molecule has 2 rings (SSSR count). The van der Waals surface area contributed by atoms with Crippen LogP contribution in [0.25, 0.3) is 0 Å². The molecule has 0 unspecified atom stereocenters. The predicted molar refractivity (Wildman–Crippen MR) is 81.5 cm³/mol. The van der Waals surface area contributed by atoms with Crippen molar-refractivity contribution >= 4 is 15.7 Å². The molecule has 1 aromatic heterocycles. The summed E-state index contributed by atoms with van der Waals surface area (Å²) in [6.45, 7) is 2.23. The van der Waals surface area contributed by atoms with Crippen molar-refractivity contribution in [2.75, 3.05) is 5.75 Å². The van der Waals surface area contributed by atoms with Gasteiger partial charge in [-0.25, -0.2) is 8.42 Å². The van der Waals surface area contributed by atoms with E-state index < -0.39 is 9.84 Å². The summed E-state index contributed by atoms with van der Waals surface area (Å²) >= 11 is 0. The molecule has 5 nitrogen and oxygen atoms in total. The Morgan fingerprint density at radius 1 is 1.33 bits per heavy atom. The van der Waals surface area contributed by atoms with Crippen molar-refractivity contribution in [1.82, 2.24) is 10.3 Å². The van der Waals surface area contributed by atoms with Gasteiger partial charge in [0.25, 0.3) is 0 Å². The molecule has 1 heterocycles. The number of carbonyl (C=O) groups is 1. The number of nitrogens with zero attached hydrogens (tertiary/aromatic N) is 1. The average Bonchev–Trinajstić information content (AvgIpc) is 2.98. The Bertz CT molecular complexity index is 593. The summed E-state index contributed by atoms with van der Waals surface area (Å²) in [5.41, 5.74) is 1.67. The highest BCUT2D eigenvalue weighted by molar-refractivity contribution is 7.92. The Labute approximate surface area is 126 Å². The van der Waals surface area contributed by atoms with Crippen molar-refractivity contribution in [2.24, 2.45) is 0 Å². The first-order valence-electron chi connectivity index (χ1n) is 7.38. The van der Waals surface area contributed by atoms with Crippen LogP contribution < -0.4 is 5.32 Å². The second kappa shape index (κ2) is 7.02. The lowest BCUT2D eigenvalue weighted by atomic mass is 10.3. The summed E-state index contributed by atoms with van der Waals surface area (Å²) in [4.78, 5) is 16.0. The van der Waals surface area contributed by atoms with Crippen LogP contribution in [0, 0.1) is 6.92 Å². The summed E-state index contributed by atoms with van der Waals surface area (Å²) in [5.74, 6) is -0.287. The molecule has 0 aromatic carbocycles. The van der Waals surface area contributed by atoms with Gasteiger partial charge in [0.05, 0.1) is 23.2 Å². The number of hydrogen-bond acceptors (Lipinski definition) is 4. The summed E-state index contributed by atoms with van der Waals surface area (Å²) in [6.07, 6.45) is 3.49. The number of sulfone groups is 1. The van der Waals surface area contributed by atoms with E-state index in [9.17, 15) is 13.2 Å². The fraction of sp³-hybridized carbons (Fsp3) is 0.600. The van der Waals surface area contributed by atoms with Gasteiger partial charge < -0.3 is 5.32 Å². The third-order valence-corrected chi connectivity index (χ3v) is 6.10. The Kier molecular flexibility index (Phi) is 5.33. The fourth-order valence-electron chi connectivity index (χ4n) is 2.62. The monoisotopic (exact) mass is 310 g/mol. The first kappa shape index (κ1) is 15.9. The predicted octanol–water partition coefficient (Wildman–Crippen LogP) is 1.75. The van der Waals surface area contributed by atoms with E-state index in [1.165, 1.54) is 0 Å². The third-order valence-electron chi connectivity index (χ3n) is 3.84. The molecule has 0 aliphatic heterocycles. The lowest BCUT2D eigenvalue weighted by Gasteiger charge is -2.11. The molecule has 1 saturated carbocycles. The molecule has 0 saturated heterocycles. The molecule has 0 spiro atoms. The van der Waals surface area contributed by atoms with E-state index in [2.05, 4.69) is 10.3 Å². The third kappa shape index (κ3) is 4.81. The SMILES string of the molecule is Cc1cccc(CNC(=O)CCS(=O)(=O)C2CCCC2)n1. The van der Waals surface area contributed by atoms with Gasteiger partial charge in [0, 0.05) is 12.1 Å². The lowest BCUT2D eigenvalue weighted by molar-refractivity contribution is -0.120. The van der Waals surface area contributed by atoms with Crippen LogP contribution in [0.4, 0.5) is 0 Å². The van der Waals surface area contributed by atoms with Crippen LogP contribution >= 0.6 is 0 Å². The molecule has 6 heteroatoms. The number of rotatable bonds is 6. The van der Waals surface area contributed by atoms with Gasteiger partial charge in [0.1, 0.15) is 0 Å². The largest absolute Gasteiger partial charge is 0.350 e. The van der Waals surface area contributed by atoms with Crippen molar-refractivity contribution in [2.45, 2.75) is 50.8 Å². The highest BCUT2D eigenvalue weighted by Gasteiger charge is 2.28. The summed E-state index contributed by atoms with van der Waals surface area (Å²) in [6, 6.07) is 5.61. The zero-order chi connectivity index (χ0) is 15.3. The molecule has 116 valence electrons. The maximum atomic E-state index is 12.1. The molecule has 21 heavy (non-hydrogen) atoms. The van der Waals surface area contributed by atoms with Crippen LogP contribution in [-0.4, -0.2) is 30.3 Å². The van der Waals surface area contributed by atoms with Gasteiger partial charge in [-0.1, -0.05) is 18.9 Å². The van der Waals surface area contributed by atoms with Gasteiger partial charge in [0.2, 0.25) is 5.91 Å². The molecule has 1 aromatic rings. The van der Waals surface area contributed by atoms with Crippen LogP contribution in [0.5, 0.6) is 0 Å². The smallest absolute Gasteiger partial charge is 0.221 e. The summed E-state index contributed by atoms with van der Waals surface area (Å²) < 4.78 is 24.1. The topological polar surface area (TPSA) is 76.1 Å². The highest BCUT2D eigenvalue weighted by Crippen LogP contribution is 2.25. The quantitative estimate of drug-likeness (QED) is 0.868. The lowest BCUT2D eigenvalue weighted by Crippen LogP contribution is -2.28. The maximum Gasteiger partial charge on any atom is 0.221 e. The van der Waals surface area contributed by atoms with Crippen LogP contribution in [-0.2, 0) is 21.2 Å². The van der Waals surface area contributed by atoms with Gasteiger partial charge >= 0.3 is 0 Å². The van der Waals surface area contributed by atoms with Crippen molar-refractivity contribution in [1.29, 1.82) is 0 Å². The molecule has 0 radical (unpaired) electrons. The van der Waals surface area contributed by atoms with E-state index >= 15 is 0 Å². The van der Waals surface area contributed by atoms with Crippen LogP contribution in [0.2, 0.25) is 0 Å². The normalized spacial score (nSPS) is 16.0. The van der Waals surface area contributed by atoms with Crippen molar-refractivity contribution in [3.8, 4) is 0 Å². The molecule has 1 aliphatic carbocycles. The average molecular weight is 310 g/mol. The molecular formula is C15H22N2O3S. The molecule has 0 bridgehead atoms. The molecule has 0 atom stereocenters. The molecular weight excluding hydrogens is 288 g/mol. The molecule has 1 fully saturated rings. The number of aromatic nitrogens is 1. The number of pyridine rings is 1. The van der Waals surface area contributed by atoms with E-state index in [0.717, 1.165) is 37.1 Å². The van der Waals surface area contributed by atoms with E-state index in [1.54, 1.807) is 0 Å². The maximum absolute atomic E-state index is 12.1. The zero-order valence-corrected chi connectivity index (χ0v) is 13.2. The van der Waals surface area contributed by atoms with Crippen molar-refractivity contribution in [3.05, 3.63) is 29.6 Å². The van der Waals surface area contributed by atoms with Crippen LogP contribution in [0.15, 0.2) is 18.2 Å².